The van der Waals surface area contributed by atoms with Crippen LogP contribution in [0.15, 0.2) is 36.8 Å². The van der Waals surface area contributed by atoms with E-state index in [9.17, 15) is 5.11 Å². The van der Waals surface area contributed by atoms with Gasteiger partial charge in [-0.25, -0.2) is 4.98 Å². The SMILES string of the molecule is CC.CC(C)CC([C@H](O)C(C)C)[C@H]1c2ccccc2-c2cncn21. The zero-order valence-electron chi connectivity index (χ0n) is 15.9. The van der Waals surface area contributed by atoms with Gasteiger partial charge in [0.05, 0.1) is 30.4 Å². The number of benzene rings is 1. The molecule has 2 heterocycles. The van der Waals surface area contributed by atoms with Gasteiger partial charge in [0.1, 0.15) is 0 Å². The van der Waals surface area contributed by atoms with Crippen molar-refractivity contribution in [2.24, 2.45) is 17.8 Å². The van der Waals surface area contributed by atoms with E-state index in [1.54, 1.807) is 0 Å². The lowest BCUT2D eigenvalue weighted by Crippen LogP contribution is -2.34. The molecule has 0 saturated heterocycles. The molecule has 1 aliphatic rings. The Kier molecular flexibility index (Phi) is 6.22. The molecule has 1 aromatic heterocycles. The minimum atomic E-state index is -0.311. The highest BCUT2D eigenvalue weighted by Crippen LogP contribution is 2.46. The van der Waals surface area contributed by atoms with E-state index in [0.717, 1.165) is 6.42 Å². The first-order chi connectivity index (χ1) is 11.5. The fraction of sp³-hybridized carbons (Fsp3) is 0.571. The number of hydrogen-bond donors (Lipinski definition) is 1. The second-order valence-electron chi connectivity index (χ2n) is 7.25. The van der Waals surface area contributed by atoms with Crippen molar-refractivity contribution in [3.63, 3.8) is 0 Å². The van der Waals surface area contributed by atoms with E-state index in [4.69, 9.17) is 0 Å². The summed E-state index contributed by atoms with van der Waals surface area (Å²) in [5.74, 6) is 1.01. The number of imidazole rings is 1. The molecule has 3 nitrogen and oxygen atoms in total. The van der Waals surface area contributed by atoms with Crippen LogP contribution in [0.1, 0.15) is 59.6 Å². The fourth-order valence-electron chi connectivity index (χ4n) is 3.80. The normalized spacial score (nSPS) is 18.0. The van der Waals surface area contributed by atoms with E-state index in [1.165, 1.54) is 16.8 Å². The van der Waals surface area contributed by atoms with Gasteiger partial charge in [-0.05, 0) is 23.8 Å². The Hall–Kier alpha value is -1.61. The van der Waals surface area contributed by atoms with Crippen LogP contribution in [0.25, 0.3) is 11.3 Å². The topological polar surface area (TPSA) is 38.1 Å². The molecule has 1 aromatic carbocycles. The first-order valence-corrected chi connectivity index (χ1v) is 9.30. The third-order valence-electron chi connectivity index (χ3n) is 4.79. The molecule has 1 unspecified atom stereocenters. The first kappa shape index (κ1) is 18.7. The fourth-order valence-corrected chi connectivity index (χ4v) is 3.80. The largest absolute Gasteiger partial charge is 0.392 e. The van der Waals surface area contributed by atoms with Crippen LogP contribution in [0.4, 0.5) is 0 Å². The van der Waals surface area contributed by atoms with Gasteiger partial charge in [0.25, 0.3) is 0 Å². The molecule has 0 saturated carbocycles. The number of aliphatic hydroxyl groups is 1. The number of nitrogens with zero attached hydrogens (tertiary/aromatic N) is 2. The molecule has 0 amide bonds. The summed E-state index contributed by atoms with van der Waals surface area (Å²) in [5, 5.41) is 10.9. The van der Waals surface area contributed by atoms with Gasteiger partial charge in [-0.2, -0.15) is 0 Å². The van der Waals surface area contributed by atoms with Crippen molar-refractivity contribution < 1.29 is 5.11 Å². The summed E-state index contributed by atoms with van der Waals surface area (Å²) in [5.41, 5.74) is 3.75. The van der Waals surface area contributed by atoms with Crippen molar-refractivity contribution in [1.82, 2.24) is 9.55 Å². The van der Waals surface area contributed by atoms with Gasteiger partial charge in [0, 0.05) is 11.5 Å². The highest BCUT2D eigenvalue weighted by molar-refractivity contribution is 5.69. The molecular formula is C21H32N2O. The Morgan fingerprint density at radius 1 is 1.12 bits per heavy atom. The van der Waals surface area contributed by atoms with Crippen molar-refractivity contribution in [3.05, 3.63) is 42.4 Å². The summed E-state index contributed by atoms with van der Waals surface area (Å²) in [4.78, 5) is 4.34. The lowest BCUT2D eigenvalue weighted by molar-refractivity contribution is 0.0364. The van der Waals surface area contributed by atoms with Crippen LogP contribution in [0, 0.1) is 17.8 Å². The van der Waals surface area contributed by atoms with Crippen molar-refractivity contribution in [3.8, 4) is 11.3 Å². The molecule has 3 rings (SSSR count). The Labute approximate surface area is 146 Å². The zero-order valence-corrected chi connectivity index (χ0v) is 15.9. The minimum Gasteiger partial charge on any atom is -0.392 e. The molecule has 1 N–H and O–H groups in total. The molecule has 2 aromatic rings. The quantitative estimate of drug-likeness (QED) is 0.823. The predicted molar refractivity (Wildman–Crippen MR) is 101 cm³/mol. The van der Waals surface area contributed by atoms with Gasteiger partial charge in [-0.3, -0.25) is 0 Å². The third kappa shape index (κ3) is 3.41. The van der Waals surface area contributed by atoms with Crippen LogP contribution < -0.4 is 0 Å². The molecular weight excluding hydrogens is 296 g/mol. The van der Waals surface area contributed by atoms with Crippen LogP contribution in [0.3, 0.4) is 0 Å². The molecule has 132 valence electrons. The maximum atomic E-state index is 10.9. The standard InChI is InChI=1S/C19H26N2O.C2H6/c1-12(2)9-16(19(22)13(3)4)18-15-8-6-5-7-14(15)17-10-20-11-21(17)18;1-2/h5-8,10-13,16,18-19,22H,9H2,1-4H3;1-2H3/t16?,18-,19-;/m1./s1. The van der Waals surface area contributed by atoms with Crippen molar-refractivity contribution in [2.45, 2.75) is 60.1 Å². The number of rotatable bonds is 5. The van der Waals surface area contributed by atoms with Gasteiger partial charge in [-0.1, -0.05) is 65.8 Å². The molecule has 3 heteroatoms. The maximum Gasteiger partial charge on any atom is 0.0956 e. The number of hydrogen-bond acceptors (Lipinski definition) is 2. The van der Waals surface area contributed by atoms with Crippen molar-refractivity contribution in [1.29, 1.82) is 0 Å². The van der Waals surface area contributed by atoms with Gasteiger partial charge in [0.15, 0.2) is 0 Å². The van der Waals surface area contributed by atoms with E-state index in [1.807, 2.05) is 26.4 Å². The van der Waals surface area contributed by atoms with E-state index < -0.39 is 0 Å². The Bertz CT molecular complexity index is 645. The minimum absolute atomic E-state index is 0.188. The number of aromatic nitrogens is 2. The highest BCUT2D eigenvalue weighted by atomic mass is 16.3. The summed E-state index contributed by atoms with van der Waals surface area (Å²) in [7, 11) is 0. The van der Waals surface area contributed by atoms with Crippen LogP contribution >= 0.6 is 0 Å². The molecule has 0 aliphatic carbocycles. The second-order valence-corrected chi connectivity index (χ2v) is 7.25. The first-order valence-electron chi connectivity index (χ1n) is 9.30. The Morgan fingerprint density at radius 3 is 2.42 bits per heavy atom. The zero-order chi connectivity index (χ0) is 17.9. The number of fused-ring (bicyclic) bond motifs is 3. The third-order valence-corrected chi connectivity index (χ3v) is 4.79. The molecule has 0 fully saturated rings. The van der Waals surface area contributed by atoms with Crippen LogP contribution in [0.5, 0.6) is 0 Å². The maximum absolute atomic E-state index is 10.9. The van der Waals surface area contributed by atoms with Crippen molar-refractivity contribution in [2.75, 3.05) is 0 Å². The summed E-state index contributed by atoms with van der Waals surface area (Å²) < 4.78 is 2.25. The monoisotopic (exact) mass is 328 g/mol. The second kappa shape index (κ2) is 7.98. The molecule has 0 spiro atoms. The molecule has 1 aliphatic heterocycles. The summed E-state index contributed by atoms with van der Waals surface area (Å²) >= 11 is 0. The van der Waals surface area contributed by atoms with E-state index >= 15 is 0 Å². The van der Waals surface area contributed by atoms with E-state index in [-0.39, 0.29) is 24.0 Å². The average Bonchev–Trinajstić information content (AvgIpc) is 3.14. The summed E-state index contributed by atoms with van der Waals surface area (Å²) in [6, 6.07) is 8.73. The van der Waals surface area contributed by atoms with Crippen LogP contribution in [-0.4, -0.2) is 20.8 Å². The van der Waals surface area contributed by atoms with Gasteiger partial charge < -0.3 is 9.67 Å². The highest BCUT2D eigenvalue weighted by Gasteiger charge is 2.38. The summed E-state index contributed by atoms with van der Waals surface area (Å²) in [6.07, 6.45) is 4.55. The molecule has 24 heavy (non-hydrogen) atoms. The van der Waals surface area contributed by atoms with Crippen molar-refractivity contribution >= 4 is 0 Å². The average molecular weight is 329 g/mol. The lowest BCUT2D eigenvalue weighted by atomic mass is 9.79. The van der Waals surface area contributed by atoms with Crippen LogP contribution in [0.2, 0.25) is 0 Å². The number of aliphatic hydroxyl groups excluding tert-OH is 1. The van der Waals surface area contributed by atoms with Gasteiger partial charge in [-0.15, -0.1) is 0 Å². The smallest absolute Gasteiger partial charge is 0.0956 e. The predicted octanol–water partition coefficient (Wildman–Crippen LogP) is 5.16. The Balaban J connectivity index is 0.00000100. The molecule has 0 bridgehead atoms. The van der Waals surface area contributed by atoms with Gasteiger partial charge >= 0.3 is 0 Å². The van der Waals surface area contributed by atoms with E-state index in [0.29, 0.717) is 5.92 Å². The van der Waals surface area contributed by atoms with Crippen LogP contribution in [-0.2, 0) is 0 Å². The Morgan fingerprint density at radius 2 is 1.79 bits per heavy atom. The molecule has 3 atom stereocenters. The van der Waals surface area contributed by atoms with E-state index in [2.05, 4.69) is 61.5 Å². The van der Waals surface area contributed by atoms with Gasteiger partial charge in [0.2, 0.25) is 0 Å². The summed E-state index contributed by atoms with van der Waals surface area (Å²) in [6.45, 7) is 12.7. The molecule has 0 radical (unpaired) electrons. The lowest BCUT2D eigenvalue weighted by Gasteiger charge is -2.33.